The summed E-state index contributed by atoms with van der Waals surface area (Å²) in [5, 5.41) is 7.88. The predicted octanol–water partition coefficient (Wildman–Crippen LogP) is 0.926. The maximum Gasteiger partial charge on any atom is 0.243 e. The zero-order chi connectivity index (χ0) is 24.8. The minimum Gasteiger partial charge on any atom is -0.368 e. The normalized spacial score (nSPS) is 13.6. The van der Waals surface area contributed by atoms with Crippen molar-refractivity contribution in [3.63, 3.8) is 0 Å². The van der Waals surface area contributed by atoms with Gasteiger partial charge in [-0.1, -0.05) is 51.1 Å². The molecule has 1 aromatic carbocycles. The van der Waals surface area contributed by atoms with Crippen LogP contribution in [0.5, 0.6) is 0 Å². The van der Waals surface area contributed by atoms with Gasteiger partial charge in [0.15, 0.2) is 0 Å². The Kier molecular flexibility index (Phi) is 12.8. The van der Waals surface area contributed by atoms with Gasteiger partial charge >= 0.3 is 0 Å². The highest BCUT2D eigenvalue weighted by Gasteiger charge is 2.23. The highest BCUT2D eigenvalue weighted by atomic mass is 16.2. The van der Waals surface area contributed by atoms with E-state index in [-0.39, 0.29) is 30.7 Å². The standard InChI is InChI=1S/C24H39N5O4/c1-16(2)13-20(23(26)32)29-22(31)15-27-24(33)19(11-7-8-12-25)28-21(30)14-17(3)18-9-5-4-6-10-18/h4-6,9-10,16-17,19-20H,7-8,11-15,25H2,1-3H3,(H2,26,32)(H,27,33)(H,28,30)(H,29,31)/t17-,19+,20+/m1/s1. The molecule has 1 rings (SSSR count). The monoisotopic (exact) mass is 461 g/mol. The average molecular weight is 462 g/mol. The number of hydrogen-bond acceptors (Lipinski definition) is 5. The number of rotatable bonds is 15. The van der Waals surface area contributed by atoms with Crippen LogP contribution < -0.4 is 27.4 Å². The Morgan fingerprint density at radius 2 is 1.55 bits per heavy atom. The molecule has 184 valence electrons. The van der Waals surface area contributed by atoms with Gasteiger partial charge in [0.05, 0.1) is 6.54 Å². The Bertz CT molecular complexity index is 769. The Balaban J connectivity index is 2.65. The second-order valence-corrected chi connectivity index (χ2v) is 8.79. The van der Waals surface area contributed by atoms with Crippen molar-refractivity contribution in [1.29, 1.82) is 0 Å². The quantitative estimate of drug-likeness (QED) is 0.246. The third kappa shape index (κ3) is 11.5. The van der Waals surface area contributed by atoms with E-state index in [2.05, 4.69) is 16.0 Å². The molecule has 9 nitrogen and oxygen atoms in total. The van der Waals surface area contributed by atoms with Gasteiger partial charge in [0, 0.05) is 6.42 Å². The van der Waals surface area contributed by atoms with Gasteiger partial charge in [-0.15, -0.1) is 0 Å². The lowest BCUT2D eigenvalue weighted by molar-refractivity contribution is -0.131. The summed E-state index contributed by atoms with van der Waals surface area (Å²) in [6, 6.07) is 8.10. The molecule has 0 aliphatic rings. The van der Waals surface area contributed by atoms with Gasteiger partial charge in [-0.05, 0) is 49.6 Å². The lowest BCUT2D eigenvalue weighted by Crippen LogP contribution is -2.51. The van der Waals surface area contributed by atoms with Crippen molar-refractivity contribution < 1.29 is 19.2 Å². The predicted molar refractivity (Wildman–Crippen MR) is 128 cm³/mol. The van der Waals surface area contributed by atoms with E-state index < -0.39 is 29.8 Å². The highest BCUT2D eigenvalue weighted by molar-refractivity contribution is 5.92. The van der Waals surface area contributed by atoms with Crippen LogP contribution in [0.1, 0.15) is 64.4 Å². The molecule has 9 heteroatoms. The lowest BCUT2D eigenvalue weighted by atomic mass is 9.97. The zero-order valence-electron chi connectivity index (χ0n) is 19.9. The molecular weight excluding hydrogens is 422 g/mol. The maximum absolute atomic E-state index is 12.7. The van der Waals surface area contributed by atoms with E-state index in [1.54, 1.807) is 0 Å². The van der Waals surface area contributed by atoms with Crippen LogP contribution in [0.4, 0.5) is 0 Å². The van der Waals surface area contributed by atoms with Gasteiger partial charge < -0.3 is 27.4 Å². The molecule has 0 radical (unpaired) electrons. The highest BCUT2D eigenvalue weighted by Crippen LogP contribution is 2.18. The van der Waals surface area contributed by atoms with E-state index in [9.17, 15) is 19.2 Å². The number of primary amides is 1. The van der Waals surface area contributed by atoms with E-state index in [1.807, 2.05) is 51.1 Å². The van der Waals surface area contributed by atoms with Crippen LogP contribution in [0.15, 0.2) is 30.3 Å². The van der Waals surface area contributed by atoms with Crippen LogP contribution in [0.2, 0.25) is 0 Å². The lowest BCUT2D eigenvalue weighted by Gasteiger charge is -2.21. The van der Waals surface area contributed by atoms with Crippen molar-refractivity contribution in [2.45, 2.75) is 70.9 Å². The van der Waals surface area contributed by atoms with Crippen LogP contribution in [0, 0.1) is 5.92 Å². The number of carbonyl (C=O) groups excluding carboxylic acids is 4. The fraction of sp³-hybridized carbons (Fsp3) is 0.583. The fourth-order valence-corrected chi connectivity index (χ4v) is 3.45. The van der Waals surface area contributed by atoms with E-state index in [0.29, 0.717) is 25.8 Å². The van der Waals surface area contributed by atoms with Crippen molar-refractivity contribution in [3.05, 3.63) is 35.9 Å². The van der Waals surface area contributed by atoms with Gasteiger partial charge in [0.2, 0.25) is 23.6 Å². The summed E-state index contributed by atoms with van der Waals surface area (Å²) in [6.45, 7) is 5.95. The number of nitrogens with one attached hydrogen (secondary N) is 3. The van der Waals surface area contributed by atoms with Crippen LogP contribution in [0.25, 0.3) is 0 Å². The number of hydrogen-bond donors (Lipinski definition) is 5. The molecule has 7 N–H and O–H groups in total. The summed E-state index contributed by atoms with van der Waals surface area (Å²) in [7, 11) is 0. The first-order valence-electron chi connectivity index (χ1n) is 11.5. The Hall–Kier alpha value is -2.94. The molecule has 0 aliphatic carbocycles. The summed E-state index contributed by atoms with van der Waals surface area (Å²) in [4.78, 5) is 49.0. The second kappa shape index (κ2) is 15.0. The van der Waals surface area contributed by atoms with Gasteiger partial charge in [-0.2, -0.15) is 0 Å². The molecule has 3 atom stereocenters. The molecular formula is C24H39N5O4. The van der Waals surface area contributed by atoms with Crippen molar-refractivity contribution in [3.8, 4) is 0 Å². The first kappa shape index (κ1) is 28.1. The second-order valence-electron chi connectivity index (χ2n) is 8.79. The zero-order valence-corrected chi connectivity index (χ0v) is 19.9. The topological polar surface area (TPSA) is 156 Å². The van der Waals surface area contributed by atoms with Crippen molar-refractivity contribution in [2.75, 3.05) is 13.1 Å². The van der Waals surface area contributed by atoms with Crippen LogP contribution in [0.3, 0.4) is 0 Å². The van der Waals surface area contributed by atoms with E-state index in [4.69, 9.17) is 11.5 Å². The van der Waals surface area contributed by atoms with E-state index in [0.717, 1.165) is 12.0 Å². The smallest absolute Gasteiger partial charge is 0.243 e. The summed E-state index contributed by atoms with van der Waals surface area (Å²) in [6.07, 6.45) is 2.43. The number of benzene rings is 1. The summed E-state index contributed by atoms with van der Waals surface area (Å²) < 4.78 is 0. The minimum atomic E-state index is -0.797. The fourth-order valence-electron chi connectivity index (χ4n) is 3.45. The molecule has 0 spiro atoms. The first-order valence-corrected chi connectivity index (χ1v) is 11.5. The average Bonchev–Trinajstić information content (AvgIpc) is 2.76. The van der Waals surface area contributed by atoms with Gasteiger partial charge in [-0.25, -0.2) is 0 Å². The molecule has 0 bridgehead atoms. The molecule has 0 aliphatic heterocycles. The largest absolute Gasteiger partial charge is 0.368 e. The molecule has 0 saturated carbocycles. The van der Waals surface area contributed by atoms with Crippen LogP contribution in [-0.4, -0.2) is 48.8 Å². The van der Waals surface area contributed by atoms with Gasteiger partial charge in [0.25, 0.3) is 0 Å². The molecule has 0 aromatic heterocycles. The van der Waals surface area contributed by atoms with E-state index >= 15 is 0 Å². The van der Waals surface area contributed by atoms with Crippen molar-refractivity contribution in [2.24, 2.45) is 17.4 Å². The van der Waals surface area contributed by atoms with Gasteiger partial charge in [0.1, 0.15) is 12.1 Å². The Morgan fingerprint density at radius 3 is 2.12 bits per heavy atom. The third-order valence-electron chi connectivity index (χ3n) is 5.27. The number of amides is 4. The number of carbonyl (C=O) groups is 4. The molecule has 0 fully saturated rings. The van der Waals surface area contributed by atoms with Crippen LogP contribution in [-0.2, 0) is 19.2 Å². The number of unbranched alkanes of at least 4 members (excludes halogenated alkanes) is 1. The minimum absolute atomic E-state index is 0.00331. The first-order chi connectivity index (χ1) is 15.6. The Morgan fingerprint density at radius 1 is 0.909 bits per heavy atom. The number of nitrogens with two attached hydrogens (primary N) is 2. The SMILES string of the molecule is CC(C)C[C@H](NC(=O)CNC(=O)[C@H](CCCCN)NC(=O)C[C@@H](C)c1ccccc1)C(N)=O. The Labute approximate surface area is 196 Å². The van der Waals surface area contributed by atoms with Crippen LogP contribution >= 0.6 is 0 Å². The van der Waals surface area contributed by atoms with Crippen molar-refractivity contribution >= 4 is 23.6 Å². The van der Waals surface area contributed by atoms with Gasteiger partial charge in [-0.3, -0.25) is 19.2 Å². The van der Waals surface area contributed by atoms with E-state index in [1.165, 1.54) is 0 Å². The summed E-state index contributed by atoms with van der Waals surface area (Å²) >= 11 is 0. The molecule has 33 heavy (non-hydrogen) atoms. The maximum atomic E-state index is 12.7. The molecule has 0 saturated heterocycles. The van der Waals surface area contributed by atoms with Crippen molar-refractivity contribution in [1.82, 2.24) is 16.0 Å². The molecule has 1 aromatic rings. The third-order valence-corrected chi connectivity index (χ3v) is 5.27. The summed E-state index contributed by atoms with van der Waals surface area (Å²) in [5.74, 6) is -1.67. The summed E-state index contributed by atoms with van der Waals surface area (Å²) in [5.41, 5.74) is 11.9. The molecule has 4 amide bonds. The molecule has 0 unspecified atom stereocenters. The molecule has 0 heterocycles.